The molecule has 1 amide bonds. The minimum absolute atomic E-state index is 0.00467. The van der Waals surface area contributed by atoms with E-state index in [0.29, 0.717) is 23.3 Å². The molecule has 0 unspecified atom stereocenters. The standard InChI is InChI=1S/C22H18N4O7S2/c1-31-14-6-4-5-13(11-14)20(28)33-16-8-7-12(10-17(16)32-2)9-15-18(23)26-21(24-19(15)27)34-25-22(26)35(3,29)30/h4-11,23H,1-3H3/b15-9-,23-18?. The fourth-order valence-corrected chi connectivity index (χ4v) is 5.02. The Balaban J connectivity index is 1.62. The van der Waals surface area contributed by atoms with Crippen molar-refractivity contribution in [2.75, 3.05) is 20.5 Å². The molecule has 2 heterocycles. The van der Waals surface area contributed by atoms with E-state index in [2.05, 4.69) is 9.39 Å². The molecule has 1 N–H and O–H groups in total. The van der Waals surface area contributed by atoms with Gasteiger partial charge in [-0.2, -0.15) is 9.39 Å². The van der Waals surface area contributed by atoms with Crippen LogP contribution >= 0.6 is 11.9 Å². The predicted molar refractivity (Wildman–Crippen MR) is 131 cm³/mol. The molecule has 11 nitrogen and oxygen atoms in total. The summed E-state index contributed by atoms with van der Waals surface area (Å²) >= 11 is 0.711. The zero-order valence-electron chi connectivity index (χ0n) is 18.6. The van der Waals surface area contributed by atoms with Gasteiger partial charge in [0.05, 0.1) is 37.3 Å². The largest absolute Gasteiger partial charge is 0.497 e. The van der Waals surface area contributed by atoms with Crippen LogP contribution in [0, 0.1) is 5.41 Å². The van der Waals surface area contributed by atoms with Crippen LogP contribution in [0.3, 0.4) is 0 Å². The molecule has 0 atom stereocenters. The third-order valence-electron chi connectivity index (χ3n) is 4.83. The number of methoxy groups -OCH3 is 2. The zero-order valence-corrected chi connectivity index (χ0v) is 20.3. The van der Waals surface area contributed by atoms with Crippen molar-refractivity contribution in [2.45, 2.75) is 0 Å². The first-order valence-corrected chi connectivity index (χ1v) is 12.5. The maximum atomic E-state index is 12.6. The molecule has 2 aromatic carbocycles. The van der Waals surface area contributed by atoms with Crippen molar-refractivity contribution in [3.63, 3.8) is 0 Å². The lowest BCUT2D eigenvalue weighted by Crippen LogP contribution is -2.45. The Hall–Kier alpha value is -3.97. The summed E-state index contributed by atoms with van der Waals surface area (Å²) < 4.78 is 43.8. The van der Waals surface area contributed by atoms with E-state index in [1.165, 1.54) is 38.5 Å². The molecule has 0 aliphatic carbocycles. The lowest BCUT2D eigenvalue weighted by Gasteiger charge is -2.23. The SMILES string of the molecule is COc1cccc(C(=O)Oc2ccc(/C=C3/C(=N)N4C(=NC3=O)SN=C4S(C)(=O)=O)cc2OC)c1. The highest BCUT2D eigenvalue weighted by Gasteiger charge is 2.41. The second-order valence-electron chi connectivity index (χ2n) is 7.21. The molecule has 180 valence electrons. The van der Waals surface area contributed by atoms with Crippen molar-refractivity contribution in [3.8, 4) is 17.2 Å². The minimum atomic E-state index is -3.76. The molecular formula is C22H18N4O7S2. The molecule has 35 heavy (non-hydrogen) atoms. The van der Waals surface area contributed by atoms with Crippen LogP contribution in [0.25, 0.3) is 6.08 Å². The molecule has 2 aliphatic rings. The summed E-state index contributed by atoms with van der Waals surface area (Å²) in [5.74, 6) is -0.884. The third kappa shape index (κ3) is 4.81. The van der Waals surface area contributed by atoms with Gasteiger partial charge in [0.1, 0.15) is 11.6 Å². The molecule has 2 aromatic rings. The molecular weight excluding hydrogens is 496 g/mol. The Morgan fingerprint density at radius 2 is 1.89 bits per heavy atom. The lowest BCUT2D eigenvalue weighted by molar-refractivity contribution is -0.114. The predicted octanol–water partition coefficient (Wildman–Crippen LogP) is 2.54. The van der Waals surface area contributed by atoms with Crippen molar-refractivity contribution in [1.82, 2.24) is 4.90 Å². The van der Waals surface area contributed by atoms with Gasteiger partial charge in [-0.05, 0) is 42.0 Å². The first kappa shape index (κ1) is 24.2. The van der Waals surface area contributed by atoms with E-state index < -0.39 is 21.7 Å². The highest BCUT2D eigenvalue weighted by molar-refractivity contribution is 8.16. The normalized spacial score (nSPS) is 16.5. The Morgan fingerprint density at radius 1 is 1.11 bits per heavy atom. The van der Waals surface area contributed by atoms with E-state index in [1.807, 2.05) is 0 Å². The van der Waals surface area contributed by atoms with Crippen molar-refractivity contribution in [1.29, 1.82) is 5.41 Å². The van der Waals surface area contributed by atoms with E-state index >= 15 is 0 Å². The quantitative estimate of drug-likeness (QED) is 0.275. The van der Waals surface area contributed by atoms with Crippen molar-refractivity contribution in [3.05, 3.63) is 59.2 Å². The number of fused-ring (bicyclic) bond motifs is 1. The number of aliphatic imine (C=N–C) groups is 1. The van der Waals surface area contributed by atoms with E-state index in [-0.39, 0.29) is 38.8 Å². The Morgan fingerprint density at radius 3 is 2.57 bits per heavy atom. The summed E-state index contributed by atoms with van der Waals surface area (Å²) in [5, 5.41) is 8.03. The van der Waals surface area contributed by atoms with Crippen LogP contribution in [0.1, 0.15) is 15.9 Å². The van der Waals surface area contributed by atoms with Gasteiger partial charge in [0.25, 0.3) is 5.91 Å². The van der Waals surface area contributed by atoms with Crippen LogP contribution in [0.2, 0.25) is 0 Å². The van der Waals surface area contributed by atoms with E-state index in [4.69, 9.17) is 19.6 Å². The van der Waals surface area contributed by atoms with Gasteiger partial charge in [-0.15, -0.1) is 0 Å². The monoisotopic (exact) mass is 514 g/mol. The van der Waals surface area contributed by atoms with E-state index in [1.54, 1.807) is 24.3 Å². The second kappa shape index (κ2) is 9.35. The first-order valence-electron chi connectivity index (χ1n) is 9.85. The van der Waals surface area contributed by atoms with Crippen molar-refractivity contribution in [2.24, 2.45) is 9.39 Å². The number of hydrogen-bond donors (Lipinski definition) is 1. The summed E-state index contributed by atoms with van der Waals surface area (Å²) in [6.07, 6.45) is 2.32. The molecule has 13 heteroatoms. The van der Waals surface area contributed by atoms with Crippen molar-refractivity contribution < 1.29 is 32.2 Å². The Labute approximate surface area is 204 Å². The number of nitrogens with one attached hydrogen (secondary N) is 1. The highest BCUT2D eigenvalue weighted by atomic mass is 32.2. The number of nitrogens with zero attached hydrogens (tertiary/aromatic N) is 3. The van der Waals surface area contributed by atoms with Crippen LogP contribution in [-0.2, 0) is 14.6 Å². The average molecular weight is 515 g/mol. The summed E-state index contributed by atoms with van der Waals surface area (Å²) in [4.78, 5) is 30.0. The number of hydrogen-bond acceptors (Lipinski definition) is 10. The lowest BCUT2D eigenvalue weighted by atomic mass is 10.1. The van der Waals surface area contributed by atoms with Gasteiger partial charge in [-0.25, -0.2) is 18.1 Å². The molecule has 0 fully saturated rings. The smallest absolute Gasteiger partial charge is 0.343 e. The number of amidine groups is 3. The number of esters is 1. The van der Waals surface area contributed by atoms with Crippen LogP contribution < -0.4 is 14.2 Å². The summed E-state index contributed by atoms with van der Waals surface area (Å²) in [7, 11) is -0.885. The summed E-state index contributed by atoms with van der Waals surface area (Å²) in [6.45, 7) is 0. The fraction of sp³-hybridized carbons (Fsp3) is 0.136. The fourth-order valence-electron chi connectivity index (χ4n) is 3.17. The molecule has 0 saturated heterocycles. The Kier molecular flexibility index (Phi) is 6.45. The average Bonchev–Trinajstić information content (AvgIpc) is 3.27. The third-order valence-corrected chi connectivity index (χ3v) is 6.59. The number of amides is 1. The Bertz CT molecular complexity index is 1460. The van der Waals surface area contributed by atoms with Crippen LogP contribution in [-0.4, -0.2) is 61.8 Å². The number of sulfone groups is 1. The van der Waals surface area contributed by atoms with Gasteiger partial charge in [0.2, 0.25) is 20.2 Å². The van der Waals surface area contributed by atoms with Gasteiger partial charge < -0.3 is 14.2 Å². The number of carbonyl (C=O) groups is 2. The first-order chi connectivity index (χ1) is 16.6. The van der Waals surface area contributed by atoms with Gasteiger partial charge in [-0.1, -0.05) is 12.1 Å². The maximum Gasteiger partial charge on any atom is 0.343 e. The molecule has 0 saturated carbocycles. The van der Waals surface area contributed by atoms with Crippen molar-refractivity contribution >= 4 is 55.9 Å². The summed E-state index contributed by atoms with van der Waals surface area (Å²) in [6, 6.07) is 11.0. The number of carbonyl (C=O) groups excluding carboxylic acids is 2. The molecule has 0 spiro atoms. The molecule has 0 radical (unpaired) electrons. The van der Waals surface area contributed by atoms with Crippen LogP contribution in [0.15, 0.2) is 57.4 Å². The maximum absolute atomic E-state index is 12.6. The number of rotatable bonds is 5. The topological polar surface area (TPSA) is 148 Å². The molecule has 2 aliphatic heterocycles. The van der Waals surface area contributed by atoms with Gasteiger partial charge in [-0.3, -0.25) is 10.2 Å². The second-order valence-corrected chi connectivity index (χ2v) is 9.85. The molecule has 4 rings (SSSR count). The van der Waals surface area contributed by atoms with E-state index in [9.17, 15) is 18.0 Å². The summed E-state index contributed by atoms with van der Waals surface area (Å²) in [5.41, 5.74) is 0.564. The zero-order chi connectivity index (χ0) is 25.3. The molecule has 0 bridgehead atoms. The van der Waals surface area contributed by atoms with Crippen LogP contribution in [0.4, 0.5) is 0 Å². The van der Waals surface area contributed by atoms with E-state index in [0.717, 1.165) is 11.2 Å². The highest BCUT2D eigenvalue weighted by Crippen LogP contribution is 2.32. The van der Waals surface area contributed by atoms with Gasteiger partial charge >= 0.3 is 5.97 Å². The molecule has 0 aromatic heterocycles. The van der Waals surface area contributed by atoms with Gasteiger partial charge in [0, 0.05) is 6.26 Å². The minimum Gasteiger partial charge on any atom is -0.497 e. The number of ether oxygens (including phenoxy) is 3. The van der Waals surface area contributed by atoms with Gasteiger partial charge in [0.15, 0.2) is 11.5 Å². The number of benzene rings is 2. The van der Waals surface area contributed by atoms with Crippen LogP contribution in [0.5, 0.6) is 17.2 Å².